The van der Waals surface area contributed by atoms with Crippen molar-refractivity contribution in [2.75, 3.05) is 24.3 Å². The van der Waals surface area contributed by atoms with E-state index in [4.69, 9.17) is 9.47 Å². The third kappa shape index (κ3) is 5.15. The number of methoxy groups -OCH3 is 2. The second kappa shape index (κ2) is 9.56. The molecule has 0 bridgehead atoms. The van der Waals surface area contributed by atoms with E-state index in [0.29, 0.717) is 16.0 Å². The van der Waals surface area contributed by atoms with Crippen LogP contribution in [0, 0.1) is 10.1 Å². The summed E-state index contributed by atoms with van der Waals surface area (Å²) in [5.74, 6) is 0.189. The first-order valence-corrected chi connectivity index (χ1v) is 12.2. The van der Waals surface area contributed by atoms with Crippen molar-refractivity contribution in [2.24, 2.45) is 0 Å². The lowest BCUT2D eigenvalue weighted by atomic mass is 10.2. The molecule has 1 heterocycles. The monoisotopic (exact) mass is 514 g/mol. The van der Waals surface area contributed by atoms with Crippen LogP contribution in [0.5, 0.6) is 11.5 Å². The van der Waals surface area contributed by atoms with Gasteiger partial charge in [0.1, 0.15) is 11.3 Å². The fourth-order valence-electron chi connectivity index (χ4n) is 3.16. The topological polar surface area (TPSA) is 150 Å². The highest BCUT2D eigenvalue weighted by Crippen LogP contribution is 2.36. The van der Waals surface area contributed by atoms with Gasteiger partial charge >= 0.3 is 0 Å². The third-order valence-corrected chi connectivity index (χ3v) is 7.16. The van der Waals surface area contributed by atoms with Crippen LogP contribution in [-0.2, 0) is 10.0 Å². The number of nitrogens with one attached hydrogen (secondary N) is 2. The van der Waals surface area contributed by atoms with Gasteiger partial charge in [-0.15, -0.1) is 0 Å². The molecular formula is C22H18N4O7S2. The zero-order valence-electron chi connectivity index (χ0n) is 18.3. The highest BCUT2D eigenvalue weighted by molar-refractivity contribution is 7.92. The molecule has 4 rings (SSSR count). The minimum absolute atomic E-state index is 0.0330. The summed E-state index contributed by atoms with van der Waals surface area (Å²) in [6.07, 6.45) is 0. The number of nitrogens with zero attached hydrogens (tertiary/aromatic N) is 2. The van der Waals surface area contributed by atoms with Gasteiger partial charge in [-0.3, -0.25) is 24.9 Å². The Kier molecular flexibility index (Phi) is 6.53. The average molecular weight is 515 g/mol. The van der Waals surface area contributed by atoms with E-state index >= 15 is 0 Å². The fraction of sp³-hybridized carbons (Fsp3) is 0.0909. The number of aromatic nitrogens is 1. The lowest BCUT2D eigenvalue weighted by Crippen LogP contribution is -2.15. The number of amides is 1. The van der Waals surface area contributed by atoms with E-state index in [0.717, 1.165) is 11.3 Å². The Morgan fingerprint density at radius 2 is 1.80 bits per heavy atom. The zero-order valence-corrected chi connectivity index (χ0v) is 20.0. The minimum atomic E-state index is -3.89. The predicted molar refractivity (Wildman–Crippen MR) is 131 cm³/mol. The Hall–Kier alpha value is -4.23. The number of sulfonamides is 1. The van der Waals surface area contributed by atoms with Crippen LogP contribution in [0.2, 0.25) is 0 Å². The van der Waals surface area contributed by atoms with Gasteiger partial charge in [-0.05, 0) is 42.5 Å². The Morgan fingerprint density at radius 1 is 1.06 bits per heavy atom. The summed E-state index contributed by atoms with van der Waals surface area (Å²) in [4.78, 5) is 27.7. The van der Waals surface area contributed by atoms with Gasteiger partial charge in [0.2, 0.25) is 0 Å². The molecule has 1 aromatic heterocycles. The number of hydrogen-bond donors (Lipinski definition) is 2. The summed E-state index contributed by atoms with van der Waals surface area (Å²) in [5.41, 5.74) is 0.583. The van der Waals surface area contributed by atoms with Crippen molar-refractivity contribution in [2.45, 2.75) is 4.90 Å². The van der Waals surface area contributed by atoms with Crippen LogP contribution in [0.1, 0.15) is 10.4 Å². The van der Waals surface area contributed by atoms with Crippen LogP contribution in [0.4, 0.5) is 16.5 Å². The highest BCUT2D eigenvalue weighted by atomic mass is 32.2. The predicted octanol–water partition coefficient (Wildman–Crippen LogP) is 4.27. The van der Waals surface area contributed by atoms with E-state index in [9.17, 15) is 23.3 Å². The number of non-ortho nitro benzene ring substituents is 1. The second-order valence-corrected chi connectivity index (χ2v) is 9.80. The number of nitro benzene ring substituents is 1. The molecule has 2 N–H and O–H groups in total. The van der Waals surface area contributed by atoms with Crippen LogP contribution in [0.3, 0.4) is 0 Å². The highest BCUT2D eigenvalue weighted by Gasteiger charge is 2.19. The summed E-state index contributed by atoms with van der Waals surface area (Å²) in [6.45, 7) is 0. The number of fused-ring (bicyclic) bond motifs is 1. The molecule has 13 heteroatoms. The summed E-state index contributed by atoms with van der Waals surface area (Å²) in [7, 11) is -1.04. The molecule has 0 saturated heterocycles. The zero-order chi connectivity index (χ0) is 25.2. The molecule has 4 aromatic rings. The van der Waals surface area contributed by atoms with Crippen molar-refractivity contribution in [3.05, 3.63) is 76.3 Å². The van der Waals surface area contributed by atoms with E-state index in [1.807, 2.05) is 0 Å². The number of thiazole rings is 1. The van der Waals surface area contributed by atoms with Gasteiger partial charge < -0.3 is 9.47 Å². The SMILES string of the molecule is COc1ccc(S(=O)(=O)Nc2cccc(C(=O)Nc3nc4c(OC)cc([N+](=O)[O-])cc4s3)c2)cc1. The molecule has 35 heavy (non-hydrogen) atoms. The lowest BCUT2D eigenvalue weighted by molar-refractivity contribution is -0.384. The summed E-state index contributed by atoms with van der Waals surface area (Å²) >= 11 is 1.05. The maximum absolute atomic E-state index is 12.8. The molecule has 0 aliphatic heterocycles. The van der Waals surface area contributed by atoms with Crippen molar-refractivity contribution in [3.8, 4) is 11.5 Å². The molecule has 0 atom stereocenters. The second-order valence-electron chi connectivity index (χ2n) is 7.09. The standard InChI is InChI=1S/C22H18N4O7S2/c1-32-16-6-8-17(9-7-16)35(30,31)25-14-5-3-4-13(10-14)21(27)24-22-23-20-18(33-2)11-15(26(28)29)12-19(20)34-22/h3-12,25H,1-2H3,(H,23,24,27). The summed E-state index contributed by atoms with van der Waals surface area (Å²) in [6, 6.07) is 14.4. The number of rotatable bonds is 8. The maximum Gasteiger partial charge on any atom is 0.274 e. The van der Waals surface area contributed by atoms with Crippen molar-refractivity contribution >= 4 is 54.0 Å². The first kappa shape index (κ1) is 23.9. The number of ether oxygens (including phenoxy) is 2. The molecule has 11 nitrogen and oxygen atoms in total. The van der Waals surface area contributed by atoms with Crippen LogP contribution in [0.15, 0.2) is 65.6 Å². The maximum atomic E-state index is 12.8. The van der Waals surface area contributed by atoms with Crippen molar-refractivity contribution in [3.63, 3.8) is 0 Å². The Bertz CT molecular complexity index is 1530. The van der Waals surface area contributed by atoms with Gasteiger partial charge in [0, 0.05) is 17.3 Å². The molecule has 3 aromatic carbocycles. The fourth-order valence-corrected chi connectivity index (χ4v) is 5.12. The number of hydrogen-bond acceptors (Lipinski definition) is 9. The van der Waals surface area contributed by atoms with Gasteiger partial charge in [0.25, 0.3) is 21.6 Å². The summed E-state index contributed by atoms with van der Waals surface area (Å²) in [5, 5.41) is 14.0. The number of carbonyl (C=O) groups is 1. The van der Waals surface area contributed by atoms with Gasteiger partial charge in [0.05, 0.1) is 34.8 Å². The summed E-state index contributed by atoms with van der Waals surface area (Å²) < 4.78 is 38.5. The lowest BCUT2D eigenvalue weighted by Gasteiger charge is -2.10. The number of anilines is 2. The minimum Gasteiger partial charge on any atom is -0.497 e. The molecule has 0 radical (unpaired) electrons. The van der Waals surface area contributed by atoms with Crippen LogP contribution in [-0.4, -0.2) is 38.5 Å². The van der Waals surface area contributed by atoms with Gasteiger partial charge in [-0.1, -0.05) is 17.4 Å². The quantitative estimate of drug-likeness (QED) is 0.261. The molecule has 0 unspecified atom stereocenters. The van der Waals surface area contributed by atoms with Gasteiger partial charge in [-0.25, -0.2) is 13.4 Å². The normalized spacial score (nSPS) is 11.1. The van der Waals surface area contributed by atoms with E-state index in [2.05, 4.69) is 15.0 Å². The molecule has 0 aliphatic rings. The van der Waals surface area contributed by atoms with Crippen molar-refractivity contribution < 1.29 is 27.6 Å². The average Bonchev–Trinajstić information content (AvgIpc) is 3.25. The van der Waals surface area contributed by atoms with Gasteiger partial charge in [0.15, 0.2) is 10.9 Å². The molecule has 0 saturated carbocycles. The Labute approximate surface area is 203 Å². The van der Waals surface area contributed by atoms with Crippen molar-refractivity contribution in [1.82, 2.24) is 4.98 Å². The number of carbonyl (C=O) groups excluding carboxylic acids is 1. The Balaban J connectivity index is 1.55. The first-order valence-electron chi connectivity index (χ1n) is 9.91. The largest absolute Gasteiger partial charge is 0.497 e. The molecule has 0 aliphatic carbocycles. The molecule has 0 fully saturated rings. The van der Waals surface area contributed by atoms with Gasteiger partial charge in [-0.2, -0.15) is 0 Å². The third-order valence-electron chi connectivity index (χ3n) is 4.84. The molecule has 180 valence electrons. The van der Waals surface area contributed by atoms with E-state index in [1.165, 1.54) is 74.9 Å². The molecule has 1 amide bonds. The Morgan fingerprint density at radius 3 is 2.46 bits per heavy atom. The number of benzene rings is 3. The smallest absolute Gasteiger partial charge is 0.274 e. The first-order chi connectivity index (χ1) is 16.7. The molecule has 0 spiro atoms. The van der Waals surface area contributed by atoms with E-state index < -0.39 is 20.9 Å². The number of nitro groups is 1. The van der Waals surface area contributed by atoms with Crippen LogP contribution >= 0.6 is 11.3 Å². The van der Waals surface area contributed by atoms with E-state index in [-0.39, 0.29) is 32.7 Å². The van der Waals surface area contributed by atoms with Crippen LogP contribution < -0.4 is 19.5 Å². The molecular weight excluding hydrogens is 496 g/mol. The van der Waals surface area contributed by atoms with Crippen molar-refractivity contribution in [1.29, 1.82) is 0 Å². The van der Waals surface area contributed by atoms with E-state index in [1.54, 1.807) is 0 Å². The van der Waals surface area contributed by atoms with Crippen LogP contribution in [0.25, 0.3) is 10.2 Å².